The van der Waals surface area contributed by atoms with E-state index in [2.05, 4.69) is 4.52 Å². The van der Waals surface area contributed by atoms with Gasteiger partial charge in [-0.1, -0.05) is 45.9 Å². The SMILES string of the molecule is CC(C)c1cccc(C(C)C)c1OCOP(=O)([O-])[O-].O.O.O.[Na+].[Na+]. The van der Waals surface area contributed by atoms with Gasteiger partial charge < -0.3 is 40.0 Å². The summed E-state index contributed by atoms with van der Waals surface area (Å²) >= 11 is 0. The van der Waals surface area contributed by atoms with E-state index in [0.29, 0.717) is 5.75 Å². The van der Waals surface area contributed by atoms with Gasteiger partial charge in [-0.3, -0.25) is 0 Å². The van der Waals surface area contributed by atoms with Crippen molar-refractivity contribution >= 4 is 7.82 Å². The van der Waals surface area contributed by atoms with Crippen LogP contribution in [0.1, 0.15) is 50.7 Å². The smallest absolute Gasteiger partial charge is 0.790 e. The molecule has 0 saturated heterocycles. The van der Waals surface area contributed by atoms with Gasteiger partial charge in [0.1, 0.15) is 5.75 Å². The van der Waals surface area contributed by atoms with Crippen LogP contribution in [0.5, 0.6) is 5.75 Å². The molecule has 1 rings (SSSR count). The summed E-state index contributed by atoms with van der Waals surface area (Å²) in [5.74, 6) is 1.04. The number of rotatable bonds is 6. The van der Waals surface area contributed by atoms with Gasteiger partial charge in [-0.25, -0.2) is 0 Å². The molecule has 132 valence electrons. The zero-order valence-corrected chi connectivity index (χ0v) is 20.0. The number of hydrogen-bond acceptors (Lipinski definition) is 5. The Bertz CT molecular complexity index is 453. The first-order chi connectivity index (χ1) is 8.72. The van der Waals surface area contributed by atoms with Crippen LogP contribution in [-0.4, -0.2) is 23.2 Å². The van der Waals surface area contributed by atoms with E-state index in [1.807, 2.05) is 45.9 Å². The van der Waals surface area contributed by atoms with E-state index in [4.69, 9.17) is 4.74 Å². The largest absolute Gasteiger partial charge is 1.00 e. The summed E-state index contributed by atoms with van der Waals surface area (Å²) in [6.45, 7) is 7.46. The zero-order valence-electron chi connectivity index (χ0n) is 15.1. The maximum atomic E-state index is 10.4. The van der Waals surface area contributed by atoms with Crippen LogP contribution in [0.3, 0.4) is 0 Å². The number of phosphoric ester groups is 1. The second kappa shape index (κ2) is 16.2. The molecule has 6 N–H and O–H groups in total. The van der Waals surface area contributed by atoms with Crippen molar-refractivity contribution in [2.45, 2.75) is 39.5 Å². The third kappa shape index (κ3) is 12.4. The van der Waals surface area contributed by atoms with E-state index in [-0.39, 0.29) is 87.4 Å². The average molecular weight is 386 g/mol. The third-order valence-corrected chi connectivity index (χ3v) is 3.16. The molecule has 0 atom stereocenters. The van der Waals surface area contributed by atoms with Crippen molar-refractivity contribution in [1.29, 1.82) is 0 Å². The van der Waals surface area contributed by atoms with Crippen LogP contribution in [0.25, 0.3) is 0 Å². The number of hydrogen-bond donors (Lipinski definition) is 0. The first-order valence-electron chi connectivity index (χ1n) is 6.14. The Balaban J connectivity index is -0.000000241. The van der Waals surface area contributed by atoms with Crippen molar-refractivity contribution in [3.63, 3.8) is 0 Å². The molecule has 0 fully saturated rings. The summed E-state index contributed by atoms with van der Waals surface area (Å²) in [5.41, 5.74) is 1.92. The molecule has 0 amide bonds. The van der Waals surface area contributed by atoms with Crippen LogP contribution in [-0.2, 0) is 9.09 Å². The number of para-hydroxylation sites is 1. The second-order valence-electron chi connectivity index (χ2n) is 4.91. The number of phosphoric acid groups is 1. The molecule has 24 heavy (non-hydrogen) atoms. The molecule has 0 aliphatic carbocycles. The number of ether oxygens (including phenoxy) is 1. The summed E-state index contributed by atoms with van der Waals surface area (Å²) in [4.78, 5) is 20.9. The van der Waals surface area contributed by atoms with Gasteiger partial charge in [0.05, 0.1) is 7.82 Å². The van der Waals surface area contributed by atoms with E-state index >= 15 is 0 Å². The molecule has 0 bridgehead atoms. The van der Waals surface area contributed by atoms with E-state index in [0.717, 1.165) is 11.1 Å². The zero-order chi connectivity index (χ0) is 14.6. The maximum Gasteiger partial charge on any atom is 1.00 e. The molecule has 0 heterocycles. The van der Waals surface area contributed by atoms with Crippen LogP contribution in [0.4, 0.5) is 0 Å². The van der Waals surface area contributed by atoms with Gasteiger partial charge in [0.25, 0.3) is 0 Å². The Morgan fingerprint density at radius 1 is 0.958 bits per heavy atom. The molecular formula is C13H25Na2O8P. The maximum absolute atomic E-state index is 10.4. The first kappa shape index (κ1) is 36.0. The molecule has 0 saturated carbocycles. The van der Waals surface area contributed by atoms with Crippen molar-refractivity contribution in [3.05, 3.63) is 29.3 Å². The minimum Gasteiger partial charge on any atom is -0.790 e. The normalized spacial score (nSPS) is 9.67. The minimum atomic E-state index is -5.01. The van der Waals surface area contributed by atoms with Crippen molar-refractivity contribution in [2.24, 2.45) is 0 Å². The van der Waals surface area contributed by atoms with Crippen LogP contribution >= 0.6 is 7.82 Å². The van der Waals surface area contributed by atoms with Crippen LogP contribution < -0.4 is 73.6 Å². The predicted molar refractivity (Wildman–Crippen MR) is 79.6 cm³/mol. The summed E-state index contributed by atoms with van der Waals surface area (Å²) in [5, 5.41) is 0. The fraction of sp³-hybridized carbons (Fsp3) is 0.538. The summed E-state index contributed by atoms with van der Waals surface area (Å²) in [6, 6.07) is 5.77. The van der Waals surface area contributed by atoms with E-state index in [9.17, 15) is 14.4 Å². The molecule has 0 aromatic heterocycles. The summed E-state index contributed by atoms with van der Waals surface area (Å²) < 4.78 is 19.9. The summed E-state index contributed by atoms with van der Waals surface area (Å²) in [6.07, 6.45) is 0. The Kier molecular flexibility index (Phi) is 24.3. The summed E-state index contributed by atoms with van der Waals surface area (Å²) in [7, 11) is -5.01. The molecule has 11 heteroatoms. The molecule has 8 nitrogen and oxygen atoms in total. The van der Waals surface area contributed by atoms with Gasteiger partial charge in [-0.2, -0.15) is 0 Å². The molecule has 0 aliphatic heterocycles. The van der Waals surface area contributed by atoms with Gasteiger partial charge in [-0.05, 0) is 23.0 Å². The average Bonchev–Trinajstić information content (AvgIpc) is 2.26. The Morgan fingerprint density at radius 2 is 1.33 bits per heavy atom. The molecular weight excluding hydrogens is 361 g/mol. The predicted octanol–water partition coefficient (Wildman–Crippen LogP) is -6.35. The second-order valence-corrected chi connectivity index (χ2v) is 6.07. The van der Waals surface area contributed by atoms with Crippen LogP contribution in [0.15, 0.2) is 18.2 Å². The molecule has 1 aromatic rings. The Morgan fingerprint density at radius 3 is 1.62 bits per heavy atom. The van der Waals surface area contributed by atoms with E-state index in [1.54, 1.807) is 0 Å². The Hall–Kier alpha value is 1.01. The van der Waals surface area contributed by atoms with Crippen molar-refractivity contribution in [1.82, 2.24) is 0 Å². The van der Waals surface area contributed by atoms with Gasteiger partial charge in [-0.15, -0.1) is 0 Å². The van der Waals surface area contributed by atoms with Crippen LogP contribution in [0.2, 0.25) is 0 Å². The monoisotopic (exact) mass is 386 g/mol. The molecule has 0 radical (unpaired) electrons. The minimum absolute atomic E-state index is 0. The molecule has 0 spiro atoms. The first-order valence-corrected chi connectivity index (χ1v) is 7.60. The van der Waals surface area contributed by atoms with Crippen molar-refractivity contribution in [2.75, 3.05) is 6.79 Å². The quantitative estimate of drug-likeness (QED) is 0.268. The molecule has 0 unspecified atom stereocenters. The third-order valence-electron chi connectivity index (χ3n) is 2.73. The van der Waals surface area contributed by atoms with Crippen molar-refractivity contribution < 1.29 is 99.2 Å². The number of benzene rings is 1. The fourth-order valence-electron chi connectivity index (χ4n) is 1.80. The molecule has 1 aromatic carbocycles. The van der Waals surface area contributed by atoms with Gasteiger partial charge in [0.2, 0.25) is 0 Å². The Labute approximate surface area is 187 Å². The topological polar surface area (TPSA) is 176 Å². The fourth-order valence-corrected chi connectivity index (χ4v) is 1.98. The van der Waals surface area contributed by atoms with Gasteiger partial charge in [0, 0.05) is 0 Å². The standard InChI is InChI=1S/C13H21O5P.2Na.3H2O/c1-9(2)11-6-5-7-12(10(3)4)13(11)17-8-18-19(14,15)16;;;;;/h5-7,9-10H,8H2,1-4H3,(H2,14,15,16);;;3*1H2/q;2*+1;;;/p-2. The van der Waals surface area contributed by atoms with E-state index in [1.165, 1.54) is 0 Å². The van der Waals surface area contributed by atoms with Crippen molar-refractivity contribution in [3.8, 4) is 5.75 Å². The van der Waals surface area contributed by atoms with Crippen LogP contribution in [0, 0.1) is 0 Å². The molecule has 0 aliphatic rings. The van der Waals surface area contributed by atoms with E-state index < -0.39 is 14.6 Å². The van der Waals surface area contributed by atoms with Gasteiger partial charge >= 0.3 is 59.1 Å². The van der Waals surface area contributed by atoms with Gasteiger partial charge in [0.15, 0.2) is 6.79 Å².